The van der Waals surface area contributed by atoms with Crippen LogP contribution in [0.4, 0.5) is 4.79 Å². The monoisotopic (exact) mass is 459 g/mol. The fraction of sp³-hybridized carbons (Fsp3) is 0.192. The third-order valence-electron chi connectivity index (χ3n) is 5.73. The SMILES string of the molecule is Cc1cc(/C=C2/SC(=O)N(CCCc3ccccc3)C2=O)c(C)n1-c1ccc(C(N)=O)cc1. The van der Waals surface area contributed by atoms with Crippen LogP contribution in [0, 0.1) is 13.8 Å². The number of imide groups is 1. The van der Waals surface area contributed by atoms with Gasteiger partial charge in [0.05, 0.1) is 4.91 Å². The second-order valence-electron chi connectivity index (χ2n) is 8.00. The average Bonchev–Trinajstić information content (AvgIpc) is 3.23. The first kappa shape index (κ1) is 22.6. The molecule has 0 saturated carbocycles. The first-order valence-corrected chi connectivity index (χ1v) is 11.6. The number of aromatic nitrogens is 1. The molecule has 168 valence electrons. The molecule has 3 amide bonds. The molecule has 1 aliphatic rings. The summed E-state index contributed by atoms with van der Waals surface area (Å²) in [6.45, 7) is 4.34. The molecule has 0 unspecified atom stereocenters. The first-order valence-electron chi connectivity index (χ1n) is 10.7. The van der Waals surface area contributed by atoms with Gasteiger partial charge in [0, 0.05) is 29.2 Å². The van der Waals surface area contributed by atoms with Crippen LogP contribution in [-0.2, 0) is 11.2 Å². The zero-order valence-corrected chi connectivity index (χ0v) is 19.4. The average molecular weight is 460 g/mol. The first-order chi connectivity index (χ1) is 15.8. The Morgan fingerprint density at radius 1 is 1.03 bits per heavy atom. The third kappa shape index (κ3) is 4.78. The molecule has 1 aliphatic heterocycles. The van der Waals surface area contributed by atoms with Crippen molar-refractivity contribution in [2.24, 2.45) is 5.73 Å². The minimum absolute atomic E-state index is 0.227. The normalized spacial score (nSPS) is 15.0. The summed E-state index contributed by atoms with van der Waals surface area (Å²) in [6, 6.07) is 19.1. The molecule has 0 radical (unpaired) electrons. The van der Waals surface area contributed by atoms with Crippen molar-refractivity contribution in [3.8, 4) is 5.69 Å². The third-order valence-corrected chi connectivity index (χ3v) is 6.64. The van der Waals surface area contributed by atoms with E-state index in [-0.39, 0.29) is 11.1 Å². The molecular formula is C26H25N3O3S. The van der Waals surface area contributed by atoms with E-state index in [4.69, 9.17) is 5.73 Å². The molecule has 6 nitrogen and oxygen atoms in total. The molecule has 2 aromatic carbocycles. The molecule has 0 spiro atoms. The molecule has 2 heterocycles. The second-order valence-corrected chi connectivity index (χ2v) is 8.99. The maximum absolute atomic E-state index is 12.9. The maximum atomic E-state index is 12.9. The molecular weight excluding hydrogens is 434 g/mol. The predicted octanol–water partition coefficient (Wildman–Crippen LogP) is 4.86. The highest BCUT2D eigenvalue weighted by Gasteiger charge is 2.34. The molecule has 2 N–H and O–H groups in total. The number of thioether (sulfide) groups is 1. The lowest BCUT2D eigenvalue weighted by Gasteiger charge is -2.12. The van der Waals surface area contributed by atoms with Crippen molar-refractivity contribution in [3.63, 3.8) is 0 Å². The molecule has 4 rings (SSSR count). The smallest absolute Gasteiger partial charge is 0.293 e. The number of hydrogen-bond acceptors (Lipinski definition) is 4. The lowest BCUT2D eigenvalue weighted by atomic mass is 10.1. The second kappa shape index (κ2) is 9.50. The Balaban J connectivity index is 1.50. The van der Waals surface area contributed by atoms with Gasteiger partial charge < -0.3 is 10.3 Å². The van der Waals surface area contributed by atoms with E-state index in [2.05, 4.69) is 0 Å². The summed E-state index contributed by atoms with van der Waals surface area (Å²) in [6.07, 6.45) is 3.33. The van der Waals surface area contributed by atoms with Crippen LogP contribution in [0.25, 0.3) is 11.8 Å². The fourth-order valence-corrected chi connectivity index (χ4v) is 4.88. The Bertz CT molecular complexity index is 1240. The van der Waals surface area contributed by atoms with Crippen molar-refractivity contribution >= 4 is 34.9 Å². The van der Waals surface area contributed by atoms with Gasteiger partial charge in [-0.3, -0.25) is 19.3 Å². The highest BCUT2D eigenvalue weighted by molar-refractivity contribution is 8.18. The van der Waals surface area contributed by atoms with Gasteiger partial charge in [-0.15, -0.1) is 0 Å². The van der Waals surface area contributed by atoms with Gasteiger partial charge in [0.15, 0.2) is 0 Å². The summed E-state index contributed by atoms with van der Waals surface area (Å²) in [4.78, 5) is 38.5. The largest absolute Gasteiger partial charge is 0.366 e. The molecule has 1 fully saturated rings. The Hall–Kier alpha value is -3.58. The van der Waals surface area contributed by atoms with Crippen molar-refractivity contribution in [3.05, 3.63) is 93.6 Å². The van der Waals surface area contributed by atoms with Crippen LogP contribution >= 0.6 is 11.8 Å². The van der Waals surface area contributed by atoms with Gasteiger partial charge in [0.25, 0.3) is 11.1 Å². The van der Waals surface area contributed by atoms with Crippen LogP contribution in [0.1, 0.15) is 39.3 Å². The van der Waals surface area contributed by atoms with Crippen LogP contribution < -0.4 is 5.73 Å². The zero-order chi connectivity index (χ0) is 23.5. The van der Waals surface area contributed by atoms with Crippen LogP contribution in [0.2, 0.25) is 0 Å². The molecule has 0 atom stereocenters. The lowest BCUT2D eigenvalue weighted by Crippen LogP contribution is -2.29. The van der Waals surface area contributed by atoms with Gasteiger partial charge in [-0.1, -0.05) is 30.3 Å². The Morgan fingerprint density at radius 3 is 2.39 bits per heavy atom. The zero-order valence-electron chi connectivity index (χ0n) is 18.6. The van der Waals surface area contributed by atoms with Gasteiger partial charge in [0.2, 0.25) is 5.91 Å². The van der Waals surface area contributed by atoms with Crippen molar-refractivity contribution in [1.82, 2.24) is 9.47 Å². The molecule has 1 aromatic heterocycles. The van der Waals surface area contributed by atoms with Crippen LogP contribution in [0.5, 0.6) is 0 Å². The molecule has 0 aliphatic carbocycles. The van der Waals surface area contributed by atoms with Crippen molar-refractivity contribution < 1.29 is 14.4 Å². The van der Waals surface area contributed by atoms with Crippen molar-refractivity contribution in [1.29, 1.82) is 0 Å². The van der Waals surface area contributed by atoms with E-state index in [1.54, 1.807) is 18.2 Å². The van der Waals surface area contributed by atoms with Gasteiger partial charge >= 0.3 is 0 Å². The summed E-state index contributed by atoms with van der Waals surface area (Å²) in [5.41, 5.74) is 10.7. The fourth-order valence-electron chi connectivity index (χ4n) is 4.03. The minimum Gasteiger partial charge on any atom is -0.366 e. The summed E-state index contributed by atoms with van der Waals surface area (Å²) >= 11 is 0.986. The number of amides is 3. The number of nitrogens with zero attached hydrogens (tertiary/aromatic N) is 2. The molecule has 7 heteroatoms. The van der Waals surface area contributed by atoms with E-state index < -0.39 is 5.91 Å². The van der Waals surface area contributed by atoms with Crippen molar-refractivity contribution in [2.45, 2.75) is 26.7 Å². The van der Waals surface area contributed by atoms with Crippen molar-refractivity contribution in [2.75, 3.05) is 6.54 Å². The van der Waals surface area contributed by atoms with Gasteiger partial charge in [-0.2, -0.15) is 0 Å². The summed E-state index contributed by atoms with van der Waals surface area (Å²) in [7, 11) is 0. The number of benzene rings is 2. The minimum atomic E-state index is -0.470. The molecule has 1 saturated heterocycles. The topological polar surface area (TPSA) is 85.4 Å². The number of aryl methyl sites for hydroxylation is 2. The summed E-state index contributed by atoms with van der Waals surface area (Å²) < 4.78 is 2.04. The van der Waals surface area contributed by atoms with E-state index in [0.717, 1.165) is 47.2 Å². The maximum Gasteiger partial charge on any atom is 0.293 e. The molecule has 3 aromatic rings. The van der Waals surface area contributed by atoms with Crippen LogP contribution in [0.3, 0.4) is 0 Å². The number of carbonyl (C=O) groups excluding carboxylic acids is 3. The van der Waals surface area contributed by atoms with Gasteiger partial charge in [0.1, 0.15) is 0 Å². The summed E-state index contributed by atoms with van der Waals surface area (Å²) in [5, 5.41) is -0.227. The standard InChI is InChI=1S/C26H25N3O3S/c1-17-15-21(18(2)29(17)22-12-10-20(11-13-22)24(27)30)16-23-25(31)28(26(32)33-23)14-6-9-19-7-4-3-5-8-19/h3-5,7-8,10-13,15-16H,6,9,14H2,1-2H3,(H2,27,30)/b23-16+. The Labute approximate surface area is 197 Å². The van der Waals surface area contributed by atoms with Crippen LogP contribution in [-0.4, -0.2) is 33.1 Å². The van der Waals surface area contributed by atoms with E-state index in [9.17, 15) is 14.4 Å². The predicted molar refractivity (Wildman–Crippen MR) is 131 cm³/mol. The number of rotatable bonds is 7. The highest BCUT2D eigenvalue weighted by Crippen LogP contribution is 2.34. The Morgan fingerprint density at radius 2 is 1.73 bits per heavy atom. The van der Waals surface area contributed by atoms with E-state index >= 15 is 0 Å². The van der Waals surface area contributed by atoms with Gasteiger partial charge in [-0.05, 0) is 86.0 Å². The van der Waals surface area contributed by atoms with Gasteiger partial charge in [-0.25, -0.2) is 0 Å². The summed E-state index contributed by atoms with van der Waals surface area (Å²) in [5.74, 6) is -0.712. The molecule has 33 heavy (non-hydrogen) atoms. The van der Waals surface area contributed by atoms with E-state index in [1.165, 1.54) is 10.5 Å². The number of primary amides is 1. The van der Waals surface area contributed by atoms with E-state index in [1.807, 2.05) is 66.9 Å². The molecule has 0 bridgehead atoms. The highest BCUT2D eigenvalue weighted by atomic mass is 32.2. The lowest BCUT2D eigenvalue weighted by molar-refractivity contribution is -0.122. The Kier molecular flexibility index (Phi) is 6.51. The quantitative estimate of drug-likeness (QED) is 0.511. The number of hydrogen-bond donors (Lipinski definition) is 1. The van der Waals surface area contributed by atoms with E-state index in [0.29, 0.717) is 17.0 Å². The van der Waals surface area contributed by atoms with Crippen LogP contribution in [0.15, 0.2) is 65.6 Å². The number of carbonyl (C=O) groups is 3. The number of nitrogens with two attached hydrogens (primary N) is 1.